The van der Waals surface area contributed by atoms with Crippen molar-refractivity contribution >= 4 is 11.9 Å². The zero-order chi connectivity index (χ0) is 13.1. The van der Waals surface area contributed by atoms with Gasteiger partial charge in [-0.25, -0.2) is 0 Å². The Kier molecular flexibility index (Phi) is 3.66. The molecule has 1 amide bonds. The molecule has 1 aromatic rings. The molecule has 1 aromatic heterocycles. The van der Waals surface area contributed by atoms with Gasteiger partial charge in [-0.05, 0) is 19.1 Å². The summed E-state index contributed by atoms with van der Waals surface area (Å²) in [5.41, 5.74) is 0. The van der Waals surface area contributed by atoms with Crippen molar-refractivity contribution in [2.24, 2.45) is 0 Å². The molecule has 0 radical (unpaired) electrons. The average Bonchev–Trinajstić information content (AvgIpc) is 2.75. The molecule has 2 heterocycles. The molecule has 6 heteroatoms. The predicted octanol–water partition coefficient (Wildman–Crippen LogP) is 0.443. The largest absolute Gasteiger partial charge is 0.481 e. The fourth-order valence-corrected chi connectivity index (χ4v) is 2.19. The molecule has 0 aliphatic carbocycles. The van der Waals surface area contributed by atoms with Crippen LogP contribution in [0.5, 0.6) is 0 Å². The molecule has 0 spiro atoms. The van der Waals surface area contributed by atoms with E-state index in [1.54, 1.807) is 12.3 Å². The van der Waals surface area contributed by atoms with E-state index in [9.17, 15) is 9.59 Å². The Bertz CT molecular complexity index is 429. The van der Waals surface area contributed by atoms with Crippen LogP contribution in [0.3, 0.4) is 0 Å². The number of hydrogen-bond acceptors (Lipinski definition) is 4. The number of furan rings is 1. The maximum absolute atomic E-state index is 11.8. The van der Waals surface area contributed by atoms with Crippen LogP contribution >= 0.6 is 0 Å². The monoisotopic (exact) mass is 252 g/mol. The highest BCUT2D eigenvalue weighted by Crippen LogP contribution is 2.16. The molecule has 2 N–H and O–H groups in total. The highest BCUT2D eigenvalue weighted by atomic mass is 16.4. The third kappa shape index (κ3) is 2.89. The van der Waals surface area contributed by atoms with Gasteiger partial charge in [0.25, 0.3) is 0 Å². The molecule has 98 valence electrons. The summed E-state index contributed by atoms with van der Waals surface area (Å²) in [6, 6.07) is 2.96. The van der Waals surface area contributed by atoms with E-state index in [4.69, 9.17) is 9.52 Å². The Hall–Kier alpha value is -1.82. The number of nitrogens with one attached hydrogen (secondary N) is 1. The third-order valence-corrected chi connectivity index (χ3v) is 2.95. The predicted molar refractivity (Wildman–Crippen MR) is 62.8 cm³/mol. The Labute approximate surface area is 105 Å². The van der Waals surface area contributed by atoms with E-state index in [1.165, 1.54) is 0 Å². The number of carbonyl (C=O) groups excluding carboxylic acids is 1. The smallest absolute Gasteiger partial charge is 0.305 e. The van der Waals surface area contributed by atoms with E-state index in [1.807, 2.05) is 17.9 Å². The summed E-state index contributed by atoms with van der Waals surface area (Å²) in [4.78, 5) is 24.5. The SMILES string of the molecule is CC1CN(Cc2ccco2)C(CC(=O)O)C(=O)N1. The van der Waals surface area contributed by atoms with Crippen molar-refractivity contribution in [2.45, 2.75) is 32.0 Å². The normalized spacial score (nSPS) is 24.8. The van der Waals surface area contributed by atoms with Crippen LogP contribution in [0, 0.1) is 0 Å². The van der Waals surface area contributed by atoms with Gasteiger partial charge in [0.1, 0.15) is 11.8 Å². The Morgan fingerprint density at radius 3 is 3.06 bits per heavy atom. The lowest BCUT2D eigenvalue weighted by molar-refractivity contribution is -0.144. The van der Waals surface area contributed by atoms with E-state index in [0.29, 0.717) is 13.1 Å². The number of nitrogens with zero attached hydrogens (tertiary/aromatic N) is 1. The first kappa shape index (κ1) is 12.6. The summed E-state index contributed by atoms with van der Waals surface area (Å²) in [7, 11) is 0. The minimum absolute atomic E-state index is 0.0116. The summed E-state index contributed by atoms with van der Waals surface area (Å²) >= 11 is 0. The zero-order valence-corrected chi connectivity index (χ0v) is 10.1. The van der Waals surface area contributed by atoms with Crippen molar-refractivity contribution < 1.29 is 19.1 Å². The van der Waals surface area contributed by atoms with Gasteiger partial charge in [-0.1, -0.05) is 0 Å². The Morgan fingerprint density at radius 2 is 2.44 bits per heavy atom. The van der Waals surface area contributed by atoms with Gasteiger partial charge in [0.05, 0.1) is 19.2 Å². The first-order valence-corrected chi connectivity index (χ1v) is 5.85. The molecule has 2 rings (SSSR count). The van der Waals surface area contributed by atoms with Crippen molar-refractivity contribution in [3.63, 3.8) is 0 Å². The second-order valence-corrected chi connectivity index (χ2v) is 4.53. The van der Waals surface area contributed by atoms with Crippen molar-refractivity contribution in [3.05, 3.63) is 24.2 Å². The van der Waals surface area contributed by atoms with E-state index >= 15 is 0 Å². The maximum atomic E-state index is 11.8. The number of aliphatic carboxylic acids is 1. The van der Waals surface area contributed by atoms with Crippen molar-refractivity contribution in [2.75, 3.05) is 6.54 Å². The van der Waals surface area contributed by atoms with Crippen LogP contribution in [0.25, 0.3) is 0 Å². The number of carbonyl (C=O) groups is 2. The van der Waals surface area contributed by atoms with Crippen LogP contribution in [0.4, 0.5) is 0 Å². The molecule has 2 atom stereocenters. The molecule has 1 saturated heterocycles. The zero-order valence-electron chi connectivity index (χ0n) is 10.1. The molecule has 1 aliphatic rings. The number of carboxylic acid groups (broad SMARTS) is 1. The summed E-state index contributed by atoms with van der Waals surface area (Å²) in [5.74, 6) is -0.482. The van der Waals surface area contributed by atoms with Gasteiger partial charge in [0.15, 0.2) is 0 Å². The first-order valence-electron chi connectivity index (χ1n) is 5.85. The van der Waals surface area contributed by atoms with Gasteiger partial charge in [-0.2, -0.15) is 0 Å². The topological polar surface area (TPSA) is 82.8 Å². The average molecular weight is 252 g/mol. The Morgan fingerprint density at radius 1 is 1.67 bits per heavy atom. The van der Waals surface area contributed by atoms with Crippen LogP contribution in [0.2, 0.25) is 0 Å². The van der Waals surface area contributed by atoms with Gasteiger partial charge in [-0.3, -0.25) is 14.5 Å². The van der Waals surface area contributed by atoms with Crippen molar-refractivity contribution in [3.8, 4) is 0 Å². The second-order valence-electron chi connectivity index (χ2n) is 4.53. The first-order chi connectivity index (χ1) is 8.56. The van der Waals surface area contributed by atoms with Crippen LogP contribution in [-0.4, -0.2) is 40.5 Å². The van der Waals surface area contributed by atoms with Crippen LogP contribution in [-0.2, 0) is 16.1 Å². The minimum atomic E-state index is -0.978. The van der Waals surface area contributed by atoms with Crippen LogP contribution < -0.4 is 5.32 Å². The molecule has 0 bridgehead atoms. The molecule has 0 aromatic carbocycles. The van der Waals surface area contributed by atoms with Gasteiger partial charge in [0, 0.05) is 12.6 Å². The molecular formula is C12H16N2O4. The lowest BCUT2D eigenvalue weighted by atomic mass is 10.1. The summed E-state index contributed by atoms with van der Waals surface area (Å²) in [6.45, 7) is 2.96. The minimum Gasteiger partial charge on any atom is -0.481 e. The highest BCUT2D eigenvalue weighted by molar-refractivity contribution is 5.87. The number of amides is 1. The fraction of sp³-hybridized carbons (Fsp3) is 0.500. The van der Waals surface area contributed by atoms with Crippen molar-refractivity contribution in [1.29, 1.82) is 0 Å². The quantitative estimate of drug-likeness (QED) is 0.812. The highest BCUT2D eigenvalue weighted by Gasteiger charge is 2.34. The van der Waals surface area contributed by atoms with Gasteiger partial charge in [-0.15, -0.1) is 0 Å². The fourth-order valence-electron chi connectivity index (χ4n) is 2.19. The molecule has 1 fully saturated rings. The summed E-state index contributed by atoms with van der Waals surface area (Å²) in [6.07, 6.45) is 1.37. The molecule has 6 nitrogen and oxygen atoms in total. The van der Waals surface area contributed by atoms with E-state index in [-0.39, 0.29) is 18.4 Å². The summed E-state index contributed by atoms with van der Waals surface area (Å²) < 4.78 is 5.24. The number of hydrogen-bond donors (Lipinski definition) is 2. The van der Waals surface area contributed by atoms with Gasteiger partial charge >= 0.3 is 5.97 Å². The van der Waals surface area contributed by atoms with Gasteiger partial charge < -0.3 is 14.8 Å². The summed E-state index contributed by atoms with van der Waals surface area (Å²) in [5, 5.41) is 11.6. The molecule has 18 heavy (non-hydrogen) atoms. The lowest BCUT2D eigenvalue weighted by Gasteiger charge is -2.37. The third-order valence-electron chi connectivity index (χ3n) is 2.95. The van der Waals surface area contributed by atoms with E-state index < -0.39 is 12.0 Å². The molecule has 2 unspecified atom stereocenters. The van der Waals surface area contributed by atoms with Gasteiger partial charge in [0.2, 0.25) is 5.91 Å². The van der Waals surface area contributed by atoms with E-state index in [2.05, 4.69) is 5.32 Å². The molecular weight excluding hydrogens is 236 g/mol. The molecule has 0 saturated carbocycles. The van der Waals surface area contributed by atoms with Crippen LogP contribution in [0.1, 0.15) is 19.1 Å². The Balaban J connectivity index is 2.11. The lowest BCUT2D eigenvalue weighted by Crippen LogP contribution is -2.59. The maximum Gasteiger partial charge on any atom is 0.305 e. The second kappa shape index (κ2) is 5.22. The number of rotatable bonds is 4. The number of carboxylic acids is 1. The molecule has 1 aliphatic heterocycles. The number of piperazine rings is 1. The van der Waals surface area contributed by atoms with E-state index in [0.717, 1.165) is 5.76 Å². The van der Waals surface area contributed by atoms with Crippen molar-refractivity contribution in [1.82, 2.24) is 10.2 Å². The van der Waals surface area contributed by atoms with Crippen LogP contribution in [0.15, 0.2) is 22.8 Å². The standard InChI is InChI=1S/C12H16N2O4/c1-8-6-14(7-9-3-2-4-18-9)10(5-11(15)16)12(17)13-8/h2-4,8,10H,5-7H2,1H3,(H,13,17)(H,15,16).